The monoisotopic (exact) mass is 274 g/mol. The third kappa shape index (κ3) is 3.53. The Balaban J connectivity index is 2.08. The van der Waals surface area contributed by atoms with Gasteiger partial charge in [-0.2, -0.15) is 0 Å². The summed E-state index contributed by atoms with van der Waals surface area (Å²) in [4.78, 5) is 16.9. The molecule has 0 saturated carbocycles. The topological polar surface area (TPSA) is 45.3 Å². The Bertz CT molecular complexity index is 562. The van der Waals surface area contributed by atoms with Gasteiger partial charge in [-0.05, 0) is 37.6 Å². The van der Waals surface area contributed by atoms with Crippen LogP contribution in [0.5, 0.6) is 0 Å². The number of H-pyrrole nitrogens is 1. The molecule has 1 aromatic carbocycles. The van der Waals surface area contributed by atoms with Crippen LogP contribution in [0.1, 0.15) is 26.7 Å². The molecular weight excluding hydrogens is 252 g/mol. The van der Waals surface area contributed by atoms with Crippen LogP contribution in [-0.4, -0.2) is 30.6 Å². The van der Waals surface area contributed by atoms with E-state index in [4.69, 9.17) is 4.74 Å². The SMILES string of the molecule is CCCN(CCC(=O)OCC)c1ccc2[nH]ccc2c1. The first-order valence-electron chi connectivity index (χ1n) is 7.22. The van der Waals surface area contributed by atoms with Crippen LogP contribution in [0.3, 0.4) is 0 Å². The molecule has 1 heterocycles. The van der Waals surface area contributed by atoms with Gasteiger partial charge < -0.3 is 14.6 Å². The molecule has 2 rings (SSSR count). The Labute approximate surface area is 119 Å². The maximum Gasteiger partial charge on any atom is 0.307 e. The minimum atomic E-state index is -0.128. The Morgan fingerprint density at radius 2 is 2.10 bits per heavy atom. The standard InChI is InChI=1S/C16H22N2O2/c1-3-10-18(11-8-16(19)20-4-2)14-5-6-15-13(12-14)7-9-17-15/h5-7,9,12,17H,3-4,8,10-11H2,1-2H3. The normalized spacial score (nSPS) is 10.7. The number of hydrogen-bond acceptors (Lipinski definition) is 3. The van der Waals surface area contributed by atoms with Crippen LogP contribution in [0.25, 0.3) is 10.9 Å². The Hall–Kier alpha value is -1.97. The number of rotatable bonds is 7. The zero-order chi connectivity index (χ0) is 14.4. The average molecular weight is 274 g/mol. The number of carbonyl (C=O) groups is 1. The van der Waals surface area contributed by atoms with Crippen molar-refractivity contribution < 1.29 is 9.53 Å². The third-order valence-corrected chi connectivity index (χ3v) is 3.29. The van der Waals surface area contributed by atoms with Crippen LogP contribution >= 0.6 is 0 Å². The molecule has 4 nitrogen and oxygen atoms in total. The fraction of sp³-hybridized carbons (Fsp3) is 0.438. The molecule has 0 aliphatic carbocycles. The average Bonchev–Trinajstić information content (AvgIpc) is 2.91. The van der Waals surface area contributed by atoms with Crippen LogP contribution in [0, 0.1) is 0 Å². The fourth-order valence-electron chi connectivity index (χ4n) is 2.34. The second kappa shape index (κ2) is 6.98. The second-order valence-electron chi connectivity index (χ2n) is 4.79. The number of carbonyl (C=O) groups excluding carboxylic acids is 1. The molecule has 4 heteroatoms. The van der Waals surface area contributed by atoms with Crippen LogP contribution in [-0.2, 0) is 9.53 Å². The van der Waals surface area contributed by atoms with Crippen molar-refractivity contribution in [3.05, 3.63) is 30.5 Å². The zero-order valence-electron chi connectivity index (χ0n) is 12.2. The zero-order valence-corrected chi connectivity index (χ0v) is 12.2. The van der Waals surface area contributed by atoms with Gasteiger partial charge in [0, 0.05) is 35.9 Å². The van der Waals surface area contributed by atoms with E-state index < -0.39 is 0 Å². The lowest BCUT2D eigenvalue weighted by Crippen LogP contribution is -2.27. The number of ether oxygens (including phenoxy) is 1. The minimum Gasteiger partial charge on any atom is -0.466 e. The highest BCUT2D eigenvalue weighted by atomic mass is 16.5. The van der Waals surface area contributed by atoms with Gasteiger partial charge in [-0.15, -0.1) is 0 Å². The number of nitrogens with one attached hydrogen (secondary N) is 1. The highest BCUT2D eigenvalue weighted by molar-refractivity contribution is 5.83. The van der Waals surface area contributed by atoms with Crippen molar-refractivity contribution in [3.8, 4) is 0 Å². The number of aromatic nitrogens is 1. The number of hydrogen-bond donors (Lipinski definition) is 1. The summed E-state index contributed by atoms with van der Waals surface area (Å²) in [6.07, 6.45) is 3.42. The van der Waals surface area contributed by atoms with Crippen molar-refractivity contribution in [3.63, 3.8) is 0 Å². The largest absolute Gasteiger partial charge is 0.466 e. The number of anilines is 1. The number of nitrogens with zero attached hydrogens (tertiary/aromatic N) is 1. The molecule has 0 radical (unpaired) electrons. The van der Waals surface area contributed by atoms with Crippen LogP contribution in [0.2, 0.25) is 0 Å². The van der Waals surface area contributed by atoms with Crippen molar-refractivity contribution in [1.82, 2.24) is 4.98 Å². The van der Waals surface area contributed by atoms with Crippen molar-refractivity contribution in [2.24, 2.45) is 0 Å². The predicted octanol–water partition coefficient (Wildman–Crippen LogP) is 3.34. The second-order valence-corrected chi connectivity index (χ2v) is 4.79. The van der Waals surface area contributed by atoms with Gasteiger partial charge >= 0.3 is 5.97 Å². The lowest BCUT2D eigenvalue weighted by atomic mass is 10.2. The fourth-order valence-corrected chi connectivity index (χ4v) is 2.34. The highest BCUT2D eigenvalue weighted by Gasteiger charge is 2.10. The van der Waals surface area contributed by atoms with E-state index >= 15 is 0 Å². The molecule has 0 atom stereocenters. The summed E-state index contributed by atoms with van der Waals surface area (Å²) >= 11 is 0. The smallest absolute Gasteiger partial charge is 0.307 e. The molecule has 0 unspecified atom stereocenters. The molecule has 1 N–H and O–H groups in total. The molecule has 0 aliphatic heterocycles. The molecule has 0 bridgehead atoms. The maximum atomic E-state index is 11.5. The van der Waals surface area contributed by atoms with Gasteiger partial charge in [0.25, 0.3) is 0 Å². The van der Waals surface area contributed by atoms with Crippen molar-refractivity contribution in [2.75, 3.05) is 24.6 Å². The van der Waals surface area contributed by atoms with E-state index in [-0.39, 0.29) is 5.97 Å². The van der Waals surface area contributed by atoms with Crippen molar-refractivity contribution >= 4 is 22.6 Å². The van der Waals surface area contributed by atoms with E-state index in [1.54, 1.807) is 0 Å². The molecule has 0 fully saturated rings. The van der Waals surface area contributed by atoms with Gasteiger partial charge in [0.2, 0.25) is 0 Å². The first-order valence-corrected chi connectivity index (χ1v) is 7.22. The number of fused-ring (bicyclic) bond motifs is 1. The van der Waals surface area contributed by atoms with Crippen LogP contribution in [0.15, 0.2) is 30.5 Å². The molecular formula is C16H22N2O2. The molecule has 108 valence electrons. The summed E-state index contributed by atoms with van der Waals surface area (Å²) < 4.78 is 4.99. The highest BCUT2D eigenvalue weighted by Crippen LogP contribution is 2.21. The van der Waals surface area contributed by atoms with E-state index in [2.05, 4.69) is 41.1 Å². The first-order chi connectivity index (χ1) is 9.74. The van der Waals surface area contributed by atoms with E-state index in [1.807, 2.05) is 13.1 Å². The Morgan fingerprint density at radius 3 is 2.85 bits per heavy atom. The lowest BCUT2D eigenvalue weighted by Gasteiger charge is -2.24. The molecule has 2 aromatic rings. The van der Waals surface area contributed by atoms with E-state index in [9.17, 15) is 4.79 Å². The minimum absolute atomic E-state index is 0.128. The Morgan fingerprint density at radius 1 is 1.25 bits per heavy atom. The maximum absolute atomic E-state index is 11.5. The van der Waals surface area contributed by atoms with Gasteiger partial charge in [0.05, 0.1) is 13.0 Å². The lowest BCUT2D eigenvalue weighted by molar-refractivity contribution is -0.142. The molecule has 0 aliphatic rings. The summed E-state index contributed by atoms with van der Waals surface area (Å²) in [5, 5.41) is 1.19. The van der Waals surface area contributed by atoms with Crippen LogP contribution < -0.4 is 4.90 Å². The van der Waals surface area contributed by atoms with E-state index in [1.165, 1.54) is 5.39 Å². The number of esters is 1. The molecule has 1 aromatic heterocycles. The van der Waals surface area contributed by atoms with Gasteiger partial charge in [-0.25, -0.2) is 0 Å². The van der Waals surface area contributed by atoms with Gasteiger partial charge in [0.1, 0.15) is 0 Å². The molecule has 0 spiro atoms. The molecule has 0 amide bonds. The predicted molar refractivity (Wildman–Crippen MR) is 82.1 cm³/mol. The Kier molecular flexibility index (Phi) is 5.04. The van der Waals surface area contributed by atoms with Gasteiger partial charge in [0.15, 0.2) is 0 Å². The summed E-state index contributed by atoms with van der Waals surface area (Å²) in [5.74, 6) is -0.128. The van der Waals surface area contributed by atoms with E-state index in [0.717, 1.165) is 24.2 Å². The third-order valence-electron chi connectivity index (χ3n) is 3.29. The van der Waals surface area contributed by atoms with Crippen molar-refractivity contribution in [1.29, 1.82) is 0 Å². The van der Waals surface area contributed by atoms with Gasteiger partial charge in [-0.1, -0.05) is 6.92 Å². The number of benzene rings is 1. The first kappa shape index (κ1) is 14.4. The summed E-state index contributed by atoms with van der Waals surface area (Å²) in [7, 11) is 0. The van der Waals surface area contributed by atoms with E-state index in [0.29, 0.717) is 19.6 Å². The summed E-state index contributed by atoms with van der Waals surface area (Å²) in [6.45, 7) is 6.06. The quantitative estimate of drug-likeness (QED) is 0.788. The molecule has 0 saturated heterocycles. The van der Waals surface area contributed by atoms with Crippen molar-refractivity contribution in [2.45, 2.75) is 26.7 Å². The van der Waals surface area contributed by atoms with Crippen LogP contribution in [0.4, 0.5) is 5.69 Å². The summed E-state index contributed by atoms with van der Waals surface area (Å²) in [5.41, 5.74) is 2.29. The number of aromatic amines is 1. The molecule has 20 heavy (non-hydrogen) atoms. The van der Waals surface area contributed by atoms with Gasteiger partial charge in [-0.3, -0.25) is 4.79 Å². The summed E-state index contributed by atoms with van der Waals surface area (Å²) in [6, 6.07) is 8.40.